The molecule has 0 aromatic heterocycles. The van der Waals surface area contributed by atoms with Gasteiger partial charge in [-0.05, 0) is 18.6 Å². The van der Waals surface area contributed by atoms with Crippen LogP contribution >= 0.6 is 11.6 Å². The van der Waals surface area contributed by atoms with Gasteiger partial charge in [0.1, 0.15) is 5.82 Å². The van der Waals surface area contributed by atoms with Gasteiger partial charge in [-0.25, -0.2) is 4.39 Å². The van der Waals surface area contributed by atoms with E-state index in [1.807, 2.05) is 24.3 Å². The molecule has 2 aromatic carbocycles. The summed E-state index contributed by atoms with van der Waals surface area (Å²) in [6, 6.07) is 12.6. The quantitative estimate of drug-likeness (QED) is 0.666. The summed E-state index contributed by atoms with van der Waals surface area (Å²) in [7, 11) is 0. The maximum Gasteiger partial charge on any atom is 0.133 e. The predicted octanol–water partition coefficient (Wildman–Crippen LogP) is 4.45. The highest BCUT2D eigenvalue weighted by Crippen LogP contribution is 2.30. The van der Waals surface area contributed by atoms with Crippen molar-refractivity contribution < 1.29 is 4.39 Å². The smallest absolute Gasteiger partial charge is 0.133 e. The Bertz CT molecular complexity index is 492. The van der Waals surface area contributed by atoms with Crippen LogP contribution in [0.4, 0.5) is 4.39 Å². The molecule has 2 heteroatoms. The van der Waals surface area contributed by atoms with Crippen LogP contribution in [0.3, 0.4) is 0 Å². The van der Waals surface area contributed by atoms with E-state index in [4.69, 9.17) is 11.6 Å². The molecule has 0 atom stereocenters. The molecule has 0 unspecified atom stereocenters. The lowest BCUT2D eigenvalue weighted by Crippen LogP contribution is -1.88. The third-order valence-corrected chi connectivity index (χ3v) is 2.69. The molecule has 0 saturated carbocycles. The Kier molecular flexibility index (Phi) is 2.74. The minimum absolute atomic E-state index is 0.203. The fraction of sp³-hybridized carbons (Fsp3) is 0.0769. The van der Waals surface area contributed by atoms with Crippen LogP contribution in [-0.2, 0) is 0 Å². The molecular formula is C13H10ClF. The fourth-order valence-electron chi connectivity index (χ4n) is 1.54. The first-order valence-electron chi connectivity index (χ1n) is 4.70. The monoisotopic (exact) mass is 220 g/mol. The number of aryl methyl sites for hydroxylation is 1. The van der Waals surface area contributed by atoms with E-state index in [1.165, 1.54) is 0 Å². The van der Waals surface area contributed by atoms with E-state index in [1.54, 1.807) is 25.1 Å². The topological polar surface area (TPSA) is 0 Å². The summed E-state index contributed by atoms with van der Waals surface area (Å²) in [4.78, 5) is 0. The van der Waals surface area contributed by atoms with Crippen molar-refractivity contribution in [3.05, 3.63) is 58.9 Å². The number of hydrogen-bond donors (Lipinski definition) is 0. The Labute approximate surface area is 93.3 Å². The first-order chi connectivity index (χ1) is 7.20. The van der Waals surface area contributed by atoms with Crippen molar-refractivity contribution in [2.75, 3.05) is 0 Å². The van der Waals surface area contributed by atoms with Gasteiger partial charge in [0.2, 0.25) is 0 Å². The SMILES string of the molecule is Cc1cccc(-c2ccccc2Cl)c1F. The van der Waals surface area contributed by atoms with Gasteiger partial charge in [-0.15, -0.1) is 0 Å². The predicted molar refractivity (Wildman–Crippen MR) is 61.6 cm³/mol. The Morgan fingerprint density at radius 2 is 1.60 bits per heavy atom. The van der Waals surface area contributed by atoms with Crippen LogP contribution in [0.2, 0.25) is 5.02 Å². The van der Waals surface area contributed by atoms with Crippen LogP contribution in [0.1, 0.15) is 5.56 Å². The number of rotatable bonds is 1. The summed E-state index contributed by atoms with van der Waals surface area (Å²) in [5, 5.41) is 0.571. The second kappa shape index (κ2) is 4.03. The molecule has 0 aliphatic rings. The van der Waals surface area contributed by atoms with Crippen molar-refractivity contribution in [2.24, 2.45) is 0 Å². The summed E-state index contributed by atoms with van der Waals surface area (Å²) in [6.45, 7) is 1.75. The molecule has 0 aliphatic carbocycles. The number of benzene rings is 2. The van der Waals surface area contributed by atoms with E-state index < -0.39 is 0 Å². The lowest BCUT2D eigenvalue weighted by molar-refractivity contribution is 0.622. The third kappa shape index (κ3) is 1.88. The molecule has 0 heterocycles. The molecule has 0 saturated heterocycles. The molecular weight excluding hydrogens is 211 g/mol. The molecule has 0 aliphatic heterocycles. The average molecular weight is 221 g/mol. The molecule has 0 N–H and O–H groups in total. The van der Waals surface area contributed by atoms with Gasteiger partial charge in [0.15, 0.2) is 0 Å². The lowest BCUT2D eigenvalue weighted by Gasteiger charge is -2.07. The van der Waals surface area contributed by atoms with E-state index >= 15 is 0 Å². The Balaban J connectivity index is 2.65. The molecule has 0 spiro atoms. The molecule has 0 nitrogen and oxygen atoms in total. The summed E-state index contributed by atoms with van der Waals surface area (Å²) >= 11 is 6.02. The highest BCUT2D eigenvalue weighted by molar-refractivity contribution is 6.33. The summed E-state index contributed by atoms with van der Waals surface area (Å²) < 4.78 is 13.8. The van der Waals surface area contributed by atoms with Crippen molar-refractivity contribution >= 4 is 11.6 Å². The zero-order valence-electron chi connectivity index (χ0n) is 8.30. The second-order valence-electron chi connectivity index (χ2n) is 3.42. The fourth-order valence-corrected chi connectivity index (χ4v) is 1.77. The first kappa shape index (κ1) is 10.2. The number of halogens is 2. The standard InChI is InChI=1S/C13H10ClF/c1-9-5-4-7-11(13(9)15)10-6-2-3-8-12(10)14/h2-8H,1H3. The zero-order chi connectivity index (χ0) is 10.8. The van der Waals surface area contributed by atoms with E-state index in [0.717, 1.165) is 5.56 Å². The van der Waals surface area contributed by atoms with Crippen molar-refractivity contribution in [3.63, 3.8) is 0 Å². The van der Waals surface area contributed by atoms with Gasteiger partial charge >= 0.3 is 0 Å². The summed E-state index contributed by atoms with van der Waals surface area (Å²) in [5.41, 5.74) is 1.92. The lowest BCUT2D eigenvalue weighted by atomic mass is 10.0. The van der Waals surface area contributed by atoms with Crippen molar-refractivity contribution in [2.45, 2.75) is 6.92 Å². The van der Waals surface area contributed by atoms with Crippen LogP contribution < -0.4 is 0 Å². The van der Waals surface area contributed by atoms with Crippen LogP contribution in [0.25, 0.3) is 11.1 Å². The minimum Gasteiger partial charge on any atom is -0.206 e. The number of hydrogen-bond acceptors (Lipinski definition) is 0. The third-order valence-electron chi connectivity index (χ3n) is 2.36. The summed E-state index contributed by atoms with van der Waals surface area (Å²) in [5.74, 6) is -0.203. The van der Waals surface area contributed by atoms with Crippen LogP contribution in [0.5, 0.6) is 0 Å². The van der Waals surface area contributed by atoms with Gasteiger partial charge < -0.3 is 0 Å². The molecule has 0 fully saturated rings. The van der Waals surface area contributed by atoms with Gasteiger partial charge in [0.05, 0.1) is 0 Å². The molecule has 2 rings (SSSR count). The maximum absolute atomic E-state index is 13.8. The Morgan fingerprint density at radius 1 is 0.933 bits per heavy atom. The van der Waals surface area contributed by atoms with Gasteiger partial charge in [0, 0.05) is 16.1 Å². The highest BCUT2D eigenvalue weighted by Gasteiger charge is 2.09. The molecule has 2 aromatic rings. The Morgan fingerprint density at radius 3 is 2.33 bits per heavy atom. The highest BCUT2D eigenvalue weighted by atomic mass is 35.5. The van der Waals surface area contributed by atoms with E-state index in [0.29, 0.717) is 16.1 Å². The van der Waals surface area contributed by atoms with Gasteiger partial charge in [0.25, 0.3) is 0 Å². The van der Waals surface area contributed by atoms with E-state index in [2.05, 4.69) is 0 Å². The second-order valence-corrected chi connectivity index (χ2v) is 3.82. The summed E-state index contributed by atoms with van der Waals surface area (Å²) in [6.07, 6.45) is 0. The maximum atomic E-state index is 13.8. The average Bonchev–Trinajstić information content (AvgIpc) is 2.23. The van der Waals surface area contributed by atoms with Crippen molar-refractivity contribution in [1.82, 2.24) is 0 Å². The largest absolute Gasteiger partial charge is 0.206 e. The van der Waals surface area contributed by atoms with Gasteiger partial charge in [-0.2, -0.15) is 0 Å². The molecule has 76 valence electrons. The first-order valence-corrected chi connectivity index (χ1v) is 5.08. The van der Waals surface area contributed by atoms with Crippen molar-refractivity contribution in [3.8, 4) is 11.1 Å². The van der Waals surface area contributed by atoms with Crippen molar-refractivity contribution in [1.29, 1.82) is 0 Å². The molecule has 0 bridgehead atoms. The van der Waals surface area contributed by atoms with Gasteiger partial charge in [-0.3, -0.25) is 0 Å². The van der Waals surface area contributed by atoms with Crippen LogP contribution in [-0.4, -0.2) is 0 Å². The van der Waals surface area contributed by atoms with E-state index in [9.17, 15) is 4.39 Å². The zero-order valence-corrected chi connectivity index (χ0v) is 9.05. The van der Waals surface area contributed by atoms with Crippen LogP contribution in [0, 0.1) is 12.7 Å². The molecule has 0 radical (unpaired) electrons. The van der Waals surface area contributed by atoms with Crippen LogP contribution in [0.15, 0.2) is 42.5 Å². The van der Waals surface area contributed by atoms with E-state index in [-0.39, 0.29) is 5.82 Å². The Hall–Kier alpha value is -1.34. The van der Waals surface area contributed by atoms with Gasteiger partial charge in [-0.1, -0.05) is 48.0 Å². The molecule has 0 amide bonds. The minimum atomic E-state index is -0.203. The molecule has 15 heavy (non-hydrogen) atoms. The normalized spacial score (nSPS) is 10.3.